The molecule has 2 nitrogen and oxygen atoms in total. The lowest BCUT2D eigenvalue weighted by Crippen LogP contribution is -2.13. The largest absolute Gasteiger partial charge is 0.310 e. The molecule has 0 spiro atoms. The molecule has 0 aliphatic heterocycles. The van der Waals surface area contributed by atoms with Crippen LogP contribution >= 0.6 is 61.3 Å². The van der Waals surface area contributed by atoms with Crippen molar-refractivity contribution in [2.24, 2.45) is 0 Å². The summed E-state index contributed by atoms with van der Waals surface area (Å²) in [5.41, 5.74) is 6.61. The lowest BCUT2D eigenvalue weighted by Gasteiger charge is -2.30. The summed E-state index contributed by atoms with van der Waals surface area (Å²) in [7, 11) is 0. The van der Waals surface area contributed by atoms with Crippen molar-refractivity contribution in [1.29, 1.82) is 0 Å². The van der Waals surface area contributed by atoms with E-state index in [9.17, 15) is 0 Å². The van der Waals surface area contributed by atoms with E-state index in [4.69, 9.17) is 0 Å². The molecule has 0 atom stereocenters. The summed E-state index contributed by atoms with van der Waals surface area (Å²) in [6, 6.07) is 69.8. The number of anilines is 6. The van der Waals surface area contributed by atoms with Gasteiger partial charge < -0.3 is 9.80 Å². The van der Waals surface area contributed by atoms with Crippen molar-refractivity contribution < 1.29 is 0 Å². The van der Waals surface area contributed by atoms with E-state index in [1.807, 2.05) is 45.3 Å². The highest BCUT2D eigenvalue weighted by molar-refractivity contribution is 9.10. The number of nitrogens with zero attached hydrogens (tertiary/aromatic N) is 2. The quantitative estimate of drug-likeness (QED) is 0.164. The van der Waals surface area contributed by atoms with Crippen LogP contribution in [0.4, 0.5) is 34.1 Å². The first-order valence-corrected chi connectivity index (χ1v) is 24.2. The van der Waals surface area contributed by atoms with Gasteiger partial charge >= 0.3 is 0 Å². The van der Waals surface area contributed by atoms with Gasteiger partial charge in [0.05, 0.1) is 0 Å². The van der Waals surface area contributed by atoms with Crippen molar-refractivity contribution in [2.45, 2.75) is 0 Å². The Balaban J connectivity index is 1.04. The lowest BCUT2D eigenvalue weighted by atomic mass is 10.1. The smallest absolute Gasteiger partial charge is 0.0493 e. The van der Waals surface area contributed by atoms with Gasteiger partial charge in [-0.3, -0.25) is 0 Å². The van der Waals surface area contributed by atoms with Crippen LogP contribution in [0.25, 0.3) is 80.7 Å². The van der Waals surface area contributed by atoms with Gasteiger partial charge in [-0.25, -0.2) is 0 Å². The molecule has 0 unspecified atom stereocenters. The van der Waals surface area contributed by atoms with E-state index in [1.54, 1.807) is 0 Å². The van der Waals surface area contributed by atoms with Gasteiger partial charge in [0.15, 0.2) is 0 Å². The van der Waals surface area contributed by atoms with Crippen molar-refractivity contribution in [3.05, 3.63) is 193 Å². The Hall–Kier alpha value is -6.06. The molecule has 0 N–H and O–H groups in total. The van der Waals surface area contributed by atoms with E-state index in [0.717, 1.165) is 38.6 Å². The van der Waals surface area contributed by atoms with E-state index in [0.29, 0.717) is 0 Å². The normalized spacial score (nSPS) is 12.0. The summed E-state index contributed by atoms with van der Waals surface area (Å²) in [6.07, 6.45) is 0. The first-order valence-electron chi connectivity index (χ1n) is 20.2. The van der Waals surface area contributed by atoms with E-state index >= 15 is 0 Å². The number of halogens is 1. The highest BCUT2D eigenvalue weighted by atomic mass is 79.9. The number of benzene rings is 9. The SMILES string of the molecule is Brc1cc(N(c2ccc3c(c2)sc2ccccc23)c2ccc3c(c2)sc2ccccc23)cc(N(c2ccc3c(c2)sc2ccccc23)c2ccc3sc4ccccc4c3c2)c1. The first kappa shape index (κ1) is 35.7. The summed E-state index contributed by atoms with van der Waals surface area (Å²) in [6.45, 7) is 0. The summed E-state index contributed by atoms with van der Waals surface area (Å²) in [5.74, 6) is 0. The van der Waals surface area contributed by atoms with Gasteiger partial charge in [0, 0.05) is 119 Å². The third-order valence-electron chi connectivity index (χ3n) is 11.9. The zero-order chi connectivity index (χ0) is 40.2. The summed E-state index contributed by atoms with van der Waals surface area (Å²) < 4.78 is 11.3. The second-order valence-electron chi connectivity index (χ2n) is 15.5. The van der Waals surface area contributed by atoms with Crippen molar-refractivity contribution in [3.63, 3.8) is 0 Å². The Morgan fingerprint density at radius 1 is 0.246 bits per heavy atom. The summed E-state index contributed by atoms with van der Waals surface area (Å²) >= 11 is 11.5. The summed E-state index contributed by atoms with van der Waals surface area (Å²) in [4.78, 5) is 4.87. The topological polar surface area (TPSA) is 6.48 Å². The molecule has 7 heteroatoms. The van der Waals surface area contributed by atoms with Crippen LogP contribution in [0.3, 0.4) is 0 Å². The van der Waals surface area contributed by atoms with Crippen LogP contribution in [-0.4, -0.2) is 0 Å². The Morgan fingerprint density at radius 3 is 0.984 bits per heavy atom. The molecular formula is C54H31BrN2S4. The molecule has 0 amide bonds. The average molecular weight is 916 g/mol. The Morgan fingerprint density at radius 2 is 0.557 bits per heavy atom. The number of hydrogen-bond acceptors (Lipinski definition) is 6. The maximum absolute atomic E-state index is 4.05. The van der Waals surface area contributed by atoms with Gasteiger partial charge in [-0.15, -0.1) is 45.3 Å². The molecule has 0 saturated carbocycles. The molecule has 4 aromatic heterocycles. The minimum atomic E-state index is 1.01. The second-order valence-corrected chi connectivity index (χ2v) is 20.7. The maximum Gasteiger partial charge on any atom is 0.0493 e. The Bertz CT molecular complexity index is 3780. The van der Waals surface area contributed by atoms with Gasteiger partial charge in [-0.2, -0.15) is 0 Å². The minimum absolute atomic E-state index is 1.01. The zero-order valence-electron chi connectivity index (χ0n) is 32.3. The highest BCUT2D eigenvalue weighted by Crippen LogP contribution is 2.48. The van der Waals surface area contributed by atoms with Crippen LogP contribution in [0.5, 0.6) is 0 Å². The van der Waals surface area contributed by atoms with Crippen LogP contribution in [0.1, 0.15) is 0 Å². The minimum Gasteiger partial charge on any atom is -0.310 e. The molecule has 4 heterocycles. The van der Waals surface area contributed by atoms with Crippen molar-refractivity contribution in [3.8, 4) is 0 Å². The fourth-order valence-corrected chi connectivity index (χ4v) is 14.1. The van der Waals surface area contributed by atoms with Gasteiger partial charge in [0.25, 0.3) is 0 Å². The van der Waals surface area contributed by atoms with Crippen molar-refractivity contribution >= 4 is 176 Å². The highest BCUT2D eigenvalue weighted by Gasteiger charge is 2.22. The monoisotopic (exact) mass is 914 g/mol. The van der Waals surface area contributed by atoms with Crippen molar-refractivity contribution in [1.82, 2.24) is 0 Å². The van der Waals surface area contributed by atoms with E-state index in [2.05, 4.69) is 214 Å². The second kappa shape index (κ2) is 14.0. The number of rotatable bonds is 6. The summed E-state index contributed by atoms with van der Waals surface area (Å²) in [5, 5.41) is 10.3. The van der Waals surface area contributed by atoms with Crippen molar-refractivity contribution in [2.75, 3.05) is 9.80 Å². The van der Waals surface area contributed by atoms with Gasteiger partial charge in [0.1, 0.15) is 0 Å². The molecule has 0 bridgehead atoms. The number of hydrogen-bond donors (Lipinski definition) is 0. The fraction of sp³-hybridized carbons (Fsp3) is 0. The Labute approximate surface area is 375 Å². The maximum atomic E-state index is 4.05. The third-order valence-corrected chi connectivity index (χ3v) is 16.9. The molecule has 0 aliphatic carbocycles. The molecule has 0 aliphatic rings. The predicted molar refractivity (Wildman–Crippen MR) is 275 cm³/mol. The fourth-order valence-electron chi connectivity index (χ4n) is 9.13. The first-order chi connectivity index (χ1) is 30.1. The molecule has 9 aromatic carbocycles. The molecule has 13 rings (SSSR count). The zero-order valence-corrected chi connectivity index (χ0v) is 37.2. The van der Waals surface area contributed by atoms with Crippen LogP contribution < -0.4 is 9.80 Å². The molecule has 0 radical (unpaired) electrons. The molecule has 0 fully saturated rings. The molecule has 13 aromatic rings. The van der Waals surface area contributed by atoms with Gasteiger partial charge in [-0.1, -0.05) is 107 Å². The van der Waals surface area contributed by atoms with Crippen LogP contribution in [0.2, 0.25) is 0 Å². The van der Waals surface area contributed by atoms with E-state index in [-0.39, 0.29) is 0 Å². The number of fused-ring (bicyclic) bond motifs is 12. The average Bonchev–Trinajstić information content (AvgIpc) is 4.06. The van der Waals surface area contributed by atoms with Gasteiger partial charge in [-0.05, 0) is 97.1 Å². The third kappa shape index (κ3) is 5.83. The molecule has 0 saturated heterocycles. The van der Waals surface area contributed by atoms with Gasteiger partial charge in [0.2, 0.25) is 0 Å². The van der Waals surface area contributed by atoms with E-state index < -0.39 is 0 Å². The number of thiophene rings is 4. The van der Waals surface area contributed by atoms with Crippen LogP contribution in [0.15, 0.2) is 193 Å². The van der Waals surface area contributed by atoms with E-state index in [1.165, 1.54) is 80.7 Å². The van der Waals surface area contributed by atoms with Crippen LogP contribution in [0, 0.1) is 0 Å². The Kier molecular flexibility index (Phi) is 8.18. The van der Waals surface area contributed by atoms with Crippen LogP contribution in [-0.2, 0) is 0 Å². The predicted octanol–water partition coefficient (Wildman–Crippen LogP) is 18.9. The standard InChI is InChI=1S/C54H31BrN2S4/c55-32-25-37(56(33-20-24-51-46(28-33)42-12-4-8-16-50(42)58-51)34-17-21-43-39-9-1-5-13-47(39)59-52(43)29-34)27-38(26-32)57(35-18-22-44-40-10-2-6-14-48(40)60-53(44)30-35)36-19-23-45-41-11-3-7-15-49(41)61-54(45)31-36/h1-31H. The molecule has 61 heavy (non-hydrogen) atoms. The lowest BCUT2D eigenvalue weighted by molar-refractivity contribution is 1.25. The molecular weight excluding hydrogens is 885 g/mol. The molecule has 288 valence electrons.